The first-order chi connectivity index (χ1) is 14.2. The second kappa shape index (κ2) is 7.91. The summed E-state index contributed by atoms with van der Waals surface area (Å²) in [5.41, 5.74) is 3.01. The molecular formula is C21H26ClN5O3. The number of aliphatic carboxylic acids is 1. The summed E-state index contributed by atoms with van der Waals surface area (Å²) in [6.07, 6.45) is 6.89. The molecule has 1 aliphatic carbocycles. The number of nitrogens with zero attached hydrogens (tertiary/aromatic N) is 3. The van der Waals surface area contributed by atoms with E-state index in [1.807, 2.05) is 10.9 Å². The third-order valence-electron chi connectivity index (χ3n) is 5.92. The number of carboxylic acids is 1. The fourth-order valence-corrected chi connectivity index (χ4v) is 4.67. The molecule has 0 bridgehead atoms. The molecule has 2 aliphatic rings. The minimum absolute atomic E-state index is 0.145. The van der Waals surface area contributed by atoms with Crippen LogP contribution in [0.3, 0.4) is 0 Å². The van der Waals surface area contributed by atoms with E-state index in [0.29, 0.717) is 23.7 Å². The second-order valence-corrected chi connectivity index (χ2v) is 9.46. The van der Waals surface area contributed by atoms with Gasteiger partial charge in [-0.2, -0.15) is 5.10 Å². The van der Waals surface area contributed by atoms with Gasteiger partial charge in [-0.05, 0) is 37.2 Å². The van der Waals surface area contributed by atoms with Crippen molar-refractivity contribution >= 4 is 29.4 Å². The molecule has 4 rings (SSSR count). The van der Waals surface area contributed by atoms with Crippen LogP contribution in [0.5, 0.6) is 0 Å². The molecule has 1 saturated carbocycles. The highest BCUT2D eigenvalue weighted by Gasteiger charge is 2.32. The molecule has 30 heavy (non-hydrogen) atoms. The summed E-state index contributed by atoms with van der Waals surface area (Å²) in [7, 11) is 0. The van der Waals surface area contributed by atoms with Crippen molar-refractivity contribution < 1.29 is 14.7 Å². The monoisotopic (exact) mass is 431 g/mol. The number of anilines is 1. The summed E-state index contributed by atoms with van der Waals surface area (Å²) in [6, 6.07) is 1.20. The van der Waals surface area contributed by atoms with E-state index in [9.17, 15) is 14.7 Å². The summed E-state index contributed by atoms with van der Waals surface area (Å²) in [5.74, 6) is -0.824. The second-order valence-electron chi connectivity index (χ2n) is 9.05. The van der Waals surface area contributed by atoms with Crippen LogP contribution in [0.1, 0.15) is 45.2 Å². The number of nitrogens with one attached hydrogen (secondary N) is 2. The third-order valence-corrected chi connectivity index (χ3v) is 6.22. The van der Waals surface area contributed by atoms with Gasteiger partial charge in [-0.25, -0.2) is 9.78 Å². The van der Waals surface area contributed by atoms with Gasteiger partial charge in [0.1, 0.15) is 5.82 Å². The summed E-state index contributed by atoms with van der Waals surface area (Å²) < 4.78 is 2.01. The van der Waals surface area contributed by atoms with Gasteiger partial charge in [0, 0.05) is 35.6 Å². The van der Waals surface area contributed by atoms with Crippen LogP contribution in [-0.2, 0) is 17.8 Å². The molecule has 3 N–H and O–H groups in total. The Morgan fingerprint density at radius 1 is 1.27 bits per heavy atom. The van der Waals surface area contributed by atoms with Crippen molar-refractivity contribution in [2.24, 2.45) is 11.3 Å². The lowest BCUT2D eigenvalue weighted by Gasteiger charge is -2.27. The molecule has 8 nitrogen and oxygen atoms in total. The minimum atomic E-state index is -0.803. The van der Waals surface area contributed by atoms with Gasteiger partial charge in [0.15, 0.2) is 0 Å². The van der Waals surface area contributed by atoms with E-state index < -0.39 is 17.9 Å². The zero-order valence-electron chi connectivity index (χ0n) is 17.1. The molecule has 2 atom stereocenters. The molecule has 160 valence electrons. The fraction of sp³-hybridized carbons (Fsp3) is 0.524. The number of urea groups is 1. The van der Waals surface area contributed by atoms with E-state index in [1.165, 1.54) is 6.20 Å². The van der Waals surface area contributed by atoms with Crippen molar-refractivity contribution in [3.05, 3.63) is 29.2 Å². The Morgan fingerprint density at radius 3 is 2.83 bits per heavy atom. The Bertz CT molecular complexity index is 987. The van der Waals surface area contributed by atoms with Crippen molar-refractivity contribution in [2.75, 3.05) is 5.32 Å². The Kier molecular flexibility index (Phi) is 5.44. The minimum Gasteiger partial charge on any atom is -0.481 e. The number of hydrogen-bond acceptors (Lipinski definition) is 4. The Labute approximate surface area is 180 Å². The molecule has 1 fully saturated rings. The molecule has 0 radical (unpaired) electrons. The summed E-state index contributed by atoms with van der Waals surface area (Å²) >= 11 is 6.41. The van der Waals surface area contributed by atoms with Crippen molar-refractivity contribution in [3.63, 3.8) is 0 Å². The van der Waals surface area contributed by atoms with Crippen LogP contribution in [0.2, 0.25) is 5.02 Å². The summed E-state index contributed by atoms with van der Waals surface area (Å²) in [5, 5.41) is 19.8. The maximum absolute atomic E-state index is 12.5. The van der Waals surface area contributed by atoms with Gasteiger partial charge in [-0.1, -0.05) is 31.9 Å². The quantitative estimate of drug-likeness (QED) is 0.679. The normalized spacial score (nSPS) is 22.4. The zero-order chi connectivity index (χ0) is 21.5. The van der Waals surface area contributed by atoms with Gasteiger partial charge in [-0.15, -0.1) is 0 Å². The zero-order valence-corrected chi connectivity index (χ0v) is 17.9. The van der Waals surface area contributed by atoms with E-state index in [-0.39, 0.29) is 11.5 Å². The molecule has 2 aromatic heterocycles. The van der Waals surface area contributed by atoms with Crippen molar-refractivity contribution in [2.45, 2.75) is 58.5 Å². The van der Waals surface area contributed by atoms with Crippen LogP contribution in [0.25, 0.3) is 11.1 Å². The third kappa shape index (κ3) is 4.28. The van der Waals surface area contributed by atoms with Gasteiger partial charge in [0.25, 0.3) is 0 Å². The number of hydrogen-bond donors (Lipinski definition) is 3. The fourth-order valence-electron chi connectivity index (χ4n) is 4.47. The average Bonchev–Trinajstić information content (AvgIpc) is 3.18. The molecule has 1 aliphatic heterocycles. The van der Waals surface area contributed by atoms with Crippen molar-refractivity contribution in [3.8, 4) is 11.1 Å². The number of carboxylic acid groups (broad SMARTS) is 1. The van der Waals surface area contributed by atoms with E-state index >= 15 is 0 Å². The topological polar surface area (TPSA) is 109 Å². The lowest BCUT2D eigenvalue weighted by Crippen LogP contribution is -2.42. The first-order valence-electron chi connectivity index (χ1n) is 10.2. The number of aromatic nitrogens is 3. The number of carbonyl (C=O) groups is 2. The van der Waals surface area contributed by atoms with Crippen LogP contribution in [0.4, 0.5) is 10.6 Å². The maximum Gasteiger partial charge on any atom is 0.320 e. The largest absolute Gasteiger partial charge is 0.481 e. The Balaban J connectivity index is 1.47. The van der Waals surface area contributed by atoms with E-state index in [2.05, 4.69) is 34.6 Å². The Hall–Kier alpha value is -2.61. The molecule has 2 amide bonds. The molecule has 9 heteroatoms. The van der Waals surface area contributed by atoms with Crippen LogP contribution < -0.4 is 10.6 Å². The molecule has 0 unspecified atom stereocenters. The standard InChI is InChI=1S/C21H26ClN5O3/c1-21(2)8-17-15(9-24-27(17)11-21)14-7-18(23-10-16(14)22)26-20(30)25-13-5-3-4-12(6-13)19(28)29/h7,9-10,12-13H,3-6,8,11H2,1-2H3,(H,28,29)(H2,23,25,26,30)/t12-,13+/m0/s1. The number of fused-ring (bicyclic) bond motifs is 1. The predicted molar refractivity (Wildman–Crippen MR) is 113 cm³/mol. The maximum atomic E-state index is 12.5. The highest BCUT2D eigenvalue weighted by molar-refractivity contribution is 6.33. The lowest BCUT2D eigenvalue weighted by molar-refractivity contribution is -0.143. The SMILES string of the molecule is CC1(C)Cc2c(-c3cc(NC(=O)N[C@@H]4CCC[C@H](C(=O)O)C4)ncc3Cl)cnn2C1. The number of amides is 2. The average molecular weight is 432 g/mol. The van der Waals surface area contributed by atoms with Crippen LogP contribution in [0, 0.1) is 11.3 Å². The van der Waals surface area contributed by atoms with E-state index in [1.54, 1.807) is 6.07 Å². The molecule has 0 spiro atoms. The lowest BCUT2D eigenvalue weighted by atomic mass is 9.86. The molecule has 3 heterocycles. The van der Waals surface area contributed by atoms with Crippen LogP contribution in [-0.4, -0.2) is 37.9 Å². The van der Waals surface area contributed by atoms with Crippen molar-refractivity contribution in [1.82, 2.24) is 20.1 Å². The summed E-state index contributed by atoms with van der Waals surface area (Å²) in [6.45, 7) is 5.27. The van der Waals surface area contributed by atoms with Gasteiger partial charge in [-0.3, -0.25) is 14.8 Å². The van der Waals surface area contributed by atoms with E-state index in [0.717, 1.165) is 42.6 Å². The van der Waals surface area contributed by atoms with Gasteiger partial charge < -0.3 is 10.4 Å². The van der Waals surface area contributed by atoms with Gasteiger partial charge in [0.05, 0.1) is 17.1 Å². The molecule has 2 aromatic rings. The first-order valence-corrected chi connectivity index (χ1v) is 10.6. The highest BCUT2D eigenvalue weighted by Crippen LogP contribution is 2.39. The molecule has 0 saturated heterocycles. The van der Waals surface area contributed by atoms with Gasteiger partial charge in [0.2, 0.25) is 0 Å². The number of halogens is 1. The number of pyridine rings is 1. The predicted octanol–water partition coefficient (Wildman–Crippen LogP) is 3.95. The highest BCUT2D eigenvalue weighted by atomic mass is 35.5. The van der Waals surface area contributed by atoms with E-state index in [4.69, 9.17) is 11.6 Å². The molecule has 0 aromatic carbocycles. The summed E-state index contributed by atoms with van der Waals surface area (Å²) in [4.78, 5) is 27.9. The van der Waals surface area contributed by atoms with Crippen molar-refractivity contribution in [1.29, 1.82) is 0 Å². The number of carbonyl (C=O) groups excluding carboxylic acids is 1. The Morgan fingerprint density at radius 2 is 2.07 bits per heavy atom. The number of rotatable bonds is 4. The van der Waals surface area contributed by atoms with Gasteiger partial charge >= 0.3 is 12.0 Å². The molecular weight excluding hydrogens is 406 g/mol. The first kappa shape index (κ1) is 20.7. The smallest absolute Gasteiger partial charge is 0.320 e. The van der Waals surface area contributed by atoms with Crippen LogP contribution in [0.15, 0.2) is 18.5 Å². The van der Waals surface area contributed by atoms with Crippen LogP contribution >= 0.6 is 11.6 Å².